The Balaban J connectivity index is 1.25. The van der Waals surface area contributed by atoms with Gasteiger partial charge in [0.25, 0.3) is 0 Å². The summed E-state index contributed by atoms with van der Waals surface area (Å²) in [7, 11) is 0. The van der Waals surface area contributed by atoms with Gasteiger partial charge in [0, 0.05) is 32.4 Å². The van der Waals surface area contributed by atoms with Crippen LogP contribution in [-0.2, 0) is 38.5 Å². The summed E-state index contributed by atoms with van der Waals surface area (Å²) in [5.74, 6) is 0.364. The number of carboxylic acid groups (broad SMARTS) is 1. The molecular formula is C25H32N2O6. The second kappa shape index (κ2) is 10.4. The highest BCUT2D eigenvalue weighted by atomic mass is 16.7. The molecule has 2 aliphatic heterocycles. The summed E-state index contributed by atoms with van der Waals surface area (Å²) < 4.78 is 5.72. The van der Waals surface area contributed by atoms with Gasteiger partial charge in [-0.1, -0.05) is 18.2 Å². The summed E-state index contributed by atoms with van der Waals surface area (Å²) in [6.07, 6.45) is 6.22. The van der Waals surface area contributed by atoms with E-state index in [9.17, 15) is 14.4 Å². The number of fused-ring (bicyclic) bond motifs is 1. The number of benzene rings is 1. The fraction of sp³-hybridized carbons (Fsp3) is 0.560. The molecule has 2 heterocycles. The molecule has 2 N–H and O–H groups in total. The first-order chi connectivity index (χ1) is 15.9. The Bertz CT molecular complexity index is 935. The highest BCUT2D eigenvalue weighted by Gasteiger charge is 2.28. The van der Waals surface area contributed by atoms with E-state index >= 15 is 0 Å². The molecule has 8 nitrogen and oxygen atoms in total. The normalized spacial score (nSPS) is 24.5. The zero-order chi connectivity index (χ0) is 23.4. The molecule has 8 heteroatoms. The van der Waals surface area contributed by atoms with Gasteiger partial charge in [-0.3, -0.25) is 9.59 Å². The van der Waals surface area contributed by atoms with Gasteiger partial charge < -0.3 is 19.6 Å². The second-order valence-electron chi connectivity index (χ2n) is 9.42. The Kier molecular flexibility index (Phi) is 7.33. The van der Waals surface area contributed by atoms with Gasteiger partial charge in [-0.15, -0.1) is 5.48 Å². The Hall–Kier alpha value is -2.87. The van der Waals surface area contributed by atoms with Crippen LogP contribution in [0.25, 0.3) is 0 Å². The van der Waals surface area contributed by atoms with Crippen molar-refractivity contribution >= 4 is 17.8 Å². The summed E-state index contributed by atoms with van der Waals surface area (Å²) in [5.41, 5.74) is 6.10. The molecule has 178 valence electrons. The largest absolute Gasteiger partial charge is 0.481 e. The highest BCUT2D eigenvalue weighted by molar-refractivity contribution is 5.81. The molecule has 1 aliphatic carbocycles. The summed E-state index contributed by atoms with van der Waals surface area (Å²) in [6, 6.07) is 5.99. The molecule has 1 fully saturated rings. The number of hydroxylamine groups is 1. The number of nitrogens with zero attached hydrogens (tertiary/aromatic N) is 1. The summed E-state index contributed by atoms with van der Waals surface area (Å²) in [4.78, 5) is 42.9. The second-order valence-corrected chi connectivity index (χ2v) is 9.42. The molecule has 1 saturated carbocycles. The van der Waals surface area contributed by atoms with Crippen LogP contribution in [0.15, 0.2) is 30.0 Å². The van der Waals surface area contributed by atoms with Gasteiger partial charge in [-0.05, 0) is 67.7 Å². The maximum Gasteiger partial charge on any atom is 0.410 e. The average molecular weight is 457 g/mol. The Morgan fingerprint density at radius 3 is 2.64 bits per heavy atom. The van der Waals surface area contributed by atoms with Crippen molar-refractivity contribution in [2.45, 2.75) is 77.0 Å². The SMILES string of the molecule is CC1=CC(CC(=O)Cc2ccc3c(c2)CCN(C(=O)OC2CCC(CC(=O)O)CC2)C3)NO1. The molecule has 1 aromatic carbocycles. The third-order valence-electron chi connectivity index (χ3n) is 6.72. The van der Waals surface area contributed by atoms with Crippen LogP contribution in [0.4, 0.5) is 4.79 Å². The van der Waals surface area contributed by atoms with Crippen molar-refractivity contribution in [2.75, 3.05) is 6.54 Å². The molecular weight excluding hydrogens is 424 g/mol. The van der Waals surface area contributed by atoms with Gasteiger partial charge in [-0.2, -0.15) is 0 Å². The maximum atomic E-state index is 12.7. The maximum absolute atomic E-state index is 12.7. The third kappa shape index (κ3) is 6.35. The lowest BCUT2D eigenvalue weighted by atomic mass is 9.85. The smallest absolute Gasteiger partial charge is 0.410 e. The molecule has 0 bridgehead atoms. The number of amides is 1. The average Bonchev–Trinajstić information content (AvgIpc) is 3.18. The van der Waals surface area contributed by atoms with Gasteiger partial charge in [0.1, 0.15) is 17.6 Å². The zero-order valence-corrected chi connectivity index (χ0v) is 19.0. The summed E-state index contributed by atoms with van der Waals surface area (Å²) in [6.45, 7) is 2.95. The molecule has 1 amide bonds. The Labute approximate surface area is 193 Å². The number of ketones is 1. The van der Waals surface area contributed by atoms with Gasteiger partial charge in [-0.25, -0.2) is 4.79 Å². The first-order valence-corrected chi connectivity index (χ1v) is 11.8. The topological polar surface area (TPSA) is 105 Å². The predicted molar refractivity (Wildman–Crippen MR) is 120 cm³/mol. The zero-order valence-electron chi connectivity index (χ0n) is 19.0. The number of rotatable bonds is 7. The van der Waals surface area contributed by atoms with Gasteiger partial charge in [0.15, 0.2) is 0 Å². The van der Waals surface area contributed by atoms with Gasteiger partial charge in [0.2, 0.25) is 0 Å². The lowest BCUT2D eigenvalue weighted by molar-refractivity contribution is -0.138. The molecule has 1 atom stereocenters. The van der Waals surface area contributed by atoms with Crippen LogP contribution >= 0.6 is 0 Å². The van der Waals surface area contributed by atoms with Crippen molar-refractivity contribution in [2.24, 2.45) is 5.92 Å². The van der Waals surface area contributed by atoms with Crippen LogP contribution in [0.1, 0.15) is 62.1 Å². The summed E-state index contributed by atoms with van der Waals surface area (Å²) in [5, 5.41) is 8.94. The van der Waals surface area contributed by atoms with Gasteiger partial charge in [0.05, 0.1) is 6.04 Å². The number of nitrogens with one attached hydrogen (secondary N) is 1. The minimum absolute atomic E-state index is 0.0677. The van der Waals surface area contributed by atoms with E-state index in [1.54, 1.807) is 4.90 Å². The number of ether oxygens (including phenoxy) is 1. The molecule has 0 spiro atoms. The molecule has 0 saturated heterocycles. The van der Waals surface area contributed by atoms with Crippen molar-refractivity contribution in [3.8, 4) is 0 Å². The standard InChI is InChI=1S/C25H32N2O6/c1-16-10-21(26-33-16)14-22(28)12-18-2-5-20-15-27(9-8-19(20)11-18)25(31)32-23-6-3-17(4-7-23)13-24(29)30/h2,5,10-11,17,21,23,26H,3-4,6-9,12-15H2,1H3,(H,29,30). The predicted octanol–water partition coefficient (Wildman–Crippen LogP) is 3.52. The minimum atomic E-state index is -0.761. The molecule has 1 unspecified atom stereocenters. The van der Waals surface area contributed by atoms with Crippen molar-refractivity contribution in [3.63, 3.8) is 0 Å². The van der Waals surface area contributed by atoms with E-state index < -0.39 is 5.97 Å². The lowest BCUT2D eigenvalue weighted by Gasteiger charge is -2.32. The van der Waals surface area contributed by atoms with Crippen LogP contribution in [-0.4, -0.2) is 46.5 Å². The van der Waals surface area contributed by atoms with E-state index in [4.69, 9.17) is 14.7 Å². The van der Waals surface area contributed by atoms with E-state index in [1.807, 2.05) is 25.1 Å². The number of carboxylic acids is 1. The van der Waals surface area contributed by atoms with Crippen LogP contribution in [0, 0.1) is 5.92 Å². The molecule has 0 aromatic heterocycles. The molecule has 4 rings (SSSR count). The Morgan fingerprint density at radius 1 is 1.15 bits per heavy atom. The molecule has 3 aliphatic rings. The highest BCUT2D eigenvalue weighted by Crippen LogP contribution is 2.29. The van der Waals surface area contributed by atoms with Crippen LogP contribution in [0.2, 0.25) is 0 Å². The van der Waals surface area contributed by atoms with Crippen molar-refractivity contribution in [3.05, 3.63) is 46.7 Å². The fourth-order valence-electron chi connectivity index (χ4n) is 4.96. The lowest BCUT2D eigenvalue weighted by Crippen LogP contribution is -2.39. The number of aliphatic carboxylic acids is 1. The van der Waals surface area contributed by atoms with Crippen molar-refractivity contribution < 1.29 is 29.1 Å². The van der Waals surface area contributed by atoms with E-state index in [2.05, 4.69) is 11.5 Å². The quantitative estimate of drug-likeness (QED) is 0.647. The number of Topliss-reactive ketones (excluding diaryl/α,β-unsaturated/α-hetero) is 1. The third-order valence-corrected chi connectivity index (χ3v) is 6.72. The molecule has 33 heavy (non-hydrogen) atoms. The fourth-order valence-corrected chi connectivity index (χ4v) is 4.96. The van der Waals surface area contributed by atoms with Gasteiger partial charge >= 0.3 is 12.1 Å². The number of hydrogen-bond acceptors (Lipinski definition) is 6. The van der Waals surface area contributed by atoms with Crippen molar-refractivity contribution in [1.29, 1.82) is 0 Å². The van der Waals surface area contributed by atoms with E-state index in [0.717, 1.165) is 49.0 Å². The minimum Gasteiger partial charge on any atom is -0.481 e. The molecule has 0 radical (unpaired) electrons. The summed E-state index contributed by atoms with van der Waals surface area (Å²) >= 11 is 0. The van der Waals surface area contributed by atoms with Crippen LogP contribution in [0.5, 0.6) is 0 Å². The number of carbonyl (C=O) groups excluding carboxylic acids is 2. The molecule has 1 aromatic rings. The van der Waals surface area contributed by atoms with E-state index in [-0.39, 0.29) is 36.4 Å². The van der Waals surface area contributed by atoms with Crippen molar-refractivity contribution in [1.82, 2.24) is 10.4 Å². The number of carbonyl (C=O) groups is 3. The van der Waals surface area contributed by atoms with Crippen LogP contribution in [0.3, 0.4) is 0 Å². The Morgan fingerprint density at radius 2 is 1.94 bits per heavy atom. The first-order valence-electron chi connectivity index (χ1n) is 11.8. The van der Waals surface area contributed by atoms with E-state index in [0.29, 0.717) is 25.9 Å². The first kappa shape index (κ1) is 23.3. The number of hydrogen-bond donors (Lipinski definition) is 2. The van der Waals surface area contributed by atoms with Crippen LogP contribution < -0.4 is 5.48 Å². The monoisotopic (exact) mass is 456 g/mol. The van der Waals surface area contributed by atoms with E-state index in [1.165, 1.54) is 5.56 Å². The number of allylic oxidation sites excluding steroid dienone is 1.